The summed E-state index contributed by atoms with van der Waals surface area (Å²) in [4.78, 5) is 26.8. The maximum atomic E-state index is 12.6. The Hall–Kier alpha value is -2.62. The van der Waals surface area contributed by atoms with Crippen LogP contribution in [0, 0.1) is 6.92 Å². The van der Waals surface area contributed by atoms with Crippen molar-refractivity contribution >= 4 is 17.5 Å². The first kappa shape index (κ1) is 17.2. The smallest absolute Gasteiger partial charge is 0.255 e. The second-order valence-electron chi connectivity index (χ2n) is 6.74. The molecule has 1 N–H and O–H groups in total. The fourth-order valence-corrected chi connectivity index (χ4v) is 3.17. The van der Waals surface area contributed by atoms with Gasteiger partial charge in [0, 0.05) is 29.4 Å². The van der Waals surface area contributed by atoms with Crippen molar-refractivity contribution in [1.29, 1.82) is 0 Å². The van der Waals surface area contributed by atoms with E-state index >= 15 is 0 Å². The topological polar surface area (TPSA) is 49.4 Å². The van der Waals surface area contributed by atoms with E-state index in [1.54, 1.807) is 36.4 Å². The zero-order valence-electron chi connectivity index (χ0n) is 14.8. The molecular formula is C21H24N2O2. The standard InChI is InChI=1S/C21H24N2O2/c1-15-6-8-17(9-7-15)20(24)22-19-12-10-18(11-13-19)21(25)23-14-4-3-5-16(23)2/h6-13,16H,3-5,14H2,1-2H3,(H,22,24)/t16-/m1/s1. The predicted molar refractivity (Wildman–Crippen MR) is 99.9 cm³/mol. The molecule has 0 spiro atoms. The Morgan fingerprint density at radius 1 is 0.960 bits per heavy atom. The van der Waals surface area contributed by atoms with Crippen LogP contribution in [0.25, 0.3) is 0 Å². The number of amides is 2. The molecule has 0 aliphatic carbocycles. The van der Waals surface area contributed by atoms with Crippen LogP contribution in [0.15, 0.2) is 48.5 Å². The third-order valence-electron chi connectivity index (χ3n) is 4.77. The Bertz CT molecular complexity index is 750. The number of benzene rings is 2. The minimum Gasteiger partial charge on any atom is -0.336 e. The van der Waals surface area contributed by atoms with Gasteiger partial charge in [-0.05, 0) is 69.5 Å². The molecule has 0 aromatic heterocycles. The van der Waals surface area contributed by atoms with Crippen molar-refractivity contribution in [1.82, 2.24) is 4.90 Å². The van der Waals surface area contributed by atoms with Gasteiger partial charge in [-0.1, -0.05) is 17.7 Å². The third kappa shape index (κ3) is 4.08. The summed E-state index contributed by atoms with van der Waals surface area (Å²) in [6.07, 6.45) is 3.33. The lowest BCUT2D eigenvalue weighted by Crippen LogP contribution is -2.42. The number of rotatable bonds is 3. The summed E-state index contributed by atoms with van der Waals surface area (Å²) in [5.74, 6) is -0.0765. The summed E-state index contributed by atoms with van der Waals surface area (Å²) in [5, 5.41) is 2.87. The molecule has 0 bridgehead atoms. The molecule has 4 heteroatoms. The van der Waals surface area contributed by atoms with Crippen molar-refractivity contribution in [3.63, 3.8) is 0 Å². The molecule has 0 saturated carbocycles. The van der Waals surface area contributed by atoms with Gasteiger partial charge in [0.05, 0.1) is 0 Å². The fraction of sp³-hybridized carbons (Fsp3) is 0.333. The Balaban J connectivity index is 1.66. The van der Waals surface area contributed by atoms with Gasteiger partial charge in [-0.2, -0.15) is 0 Å². The molecule has 1 aliphatic rings. The van der Waals surface area contributed by atoms with Gasteiger partial charge in [-0.25, -0.2) is 0 Å². The zero-order valence-corrected chi connectivity index (χ0v) is 14.8. The van der Waals surface area contributed by atoms with E-state index in [4.69, 9.17) is 0 Å². The maximum Gasteiger partial charge on any atom is 0.255 e. The fourth-order valence-electron chi connectivity index (χ4n) is 3.17. The summed E-state index contributed by atoms with van der Waals surface area (Å²) in [7, 11) is 0. The van der Waals surface area contributed by atoms with Gasteiger partial charge in [0.2, 0.25) is 0 Å². The first-order chi connectivity index (χ1) is 12.0. The van der Waals surface area contributed by atoms with E-state index in [9.17, 15) is 9.59 Å². The molecular weight excluding hydrogens is 312 g/mol. The van der Waals surface area contributed by atoms with Crippen molar-refractivity contribution in [2.24, 2.45) is 0 Å². The minimum atomic E-state index is -0.149. The second kappa shape index (κ2) is 7.51. The maximum absolute atomic E-state index is 12.6. The highest BCUT2D eigenvalue weighted by molar-refractivity contribution is 6.04. The SMILES string of the molecule is Cc1ccc(C(=O)Nc2ccc(C(=O)N3CCCC[C@H]3C)cc2)cc1. The number of anilines is 1. The van der Waals surface area contributed by atoms with E-state index < -0.39 is 0 Å². The first-order valence-corrected chi connectivity index (χ1v) is 8.83. The second-order valence-corrected chi connectivity index (χ2v) is 6.74. The van der Waals surface area contributed by atoms with Gasteiger partial charge in [0.15, 0.2) is 0 Å². The number of aryl methyl sites for hydroxylation is 1. The van der Waals surface area contributed by atoms with Gasteiger partial charge in [-0.3, -0.25) is 9.59 Å². The van der Waals surface area contributed by atoms with Crippen LogP contribution in [-0.4, -0.2) is 29.3 Å². The number of likely N-dealkylation sites (tertiary alicyclic amines) is 1. The largest absolute Gasteiger partial charge is 0.336 e. The van der Waals surface area contributed by atoms with Crippen molar-refractivity contribution < 1.29 is 9.59 Å². The number of carbonyl (C=O) groups excluding carboxylic acids is 2. The molecule has 3 rings (SSSR count). The molecule has 1 aliphatic heterocycles. The molecule has 1 atom stereocenters. The lowest BCUT2D eigenvalue weighted by Gasteiger charge is -2.33. The lowest BCUT2D eigenvalue weighted by molar-refractivity contribution is 0.0635. The van der Waals surface area contributed by atoms with Crippen molar-refractivity contribution in [3.05, 3.63) is 65.2 Å². The monoisotopic (exact) mass is 336 g/mol. The van der Waals surface area contributed by atoms with E-state index in [0.717, 1.165) is 24.9 Å². The molecule has 1 heterocycles. The number of hydrogen-bond acceptors (Lipinski definition) is 2. The number of piperidine rings is 1. The van der Waals surface area contributed by atoms with Crippen LogP contribution in [0.5, 0.6) is 0 Å². The zero-order chi connectivity index (χ0) is 17.8. The Morgan fingerprint density at radius 3 is 2.24 bits per heavy atom. The summed E-state index contributed by atoms with van der Waals surface area (Å²) in [6, 6.07) is 14.9. The van der Waals surface area contributed by atoms with Crippen LogP contribution in [-0.2, 0) is 0 Å². The Labute approximate surface area is 148 Å². The van der Waals surface area contributed by atoms with E-state index in [0.29, 0.717) is 22.9 Å². The van der Waals surface area contributed by atoms with Crippen LogP contribution >= 0.6 is 0 Å². The number of hydrogen-bond donors (Lipinski definition) is 1. The summed E-state index contributed by atoms with van der Waals surface area (Å²) in [6.45, 7) is 4.92. The van der Waals surface area contributed by atoms with E-state index in [-0.39, 0.29) is 11.8 Å². The van der Waals surface area contributed by atoms with Crippen LogP contribution in [0.2, 0.25) is 0 Å². The van der Waals surface area contributed by atoms with E-state index in [1.807, 2.05) is 24.0 Å². The molecule has 25 heavy (non-hydrogen) atoms. The van der Waals surface area contributed by atoms with Crippen molar-refractivity contribution in [3.8, 4) is 0 Å². The highest BCUT2D eigenvalue weighted by Gasteiger charge is 2.24. The average Bonchev–Trinajstić information content (AvgIpc) is 2.63. The molecule has 2 aromatic rings. The normalized spacial score (nSPS) is 17.2. The molecule has 4 nitrogen and oxygen atoms in total. The first-order valence-electron chi connectivity index (χ1n) is 8.83. The number of nitrogens with one attached hydrogen (secondary N) is 1. The molecule has 0 radical (unpaired) electrons. The molecule has 2 aromatic carbocycles. The third-order valence-corrected chi connectivity index (χ3v) is 4.77. The van der Waals surface area contributed by atoms with Crippen LogP contribution in [0.3, 0.4) is 0 Å². The summed E-state index contributed by atoms with van der Waals surface area (Å²) >= 11 is 0. The Kier molecular flexibility index (Phi) is 5.17. The molecule has 0 unspecified atom stereocenters. The van der Waals surface area contributed by atoms with Gasteiger partial charge >= 0.3 is 0 Å². The quantitative estimate of drug-likeness (QED) is 0.910. The van der Waals surface area contributed by atoms with Gasteiger partial charge in [0.1, 0.15) is 0 Å². The summed E-state index contributed by atoms with van der Waals surface area (Å²) in [5.41, 5.74) is 3.09. The van der Waals surface area contributed by atoms with Crippen LogP contribution in [0.1, 0.15) is 52.5 Å². The molecule has 1 saturated heterocycles. The molecule has 130 valence electrons. The van der Waals surface area contributed by atoms with Crippen LogP contribution < -0.4 is 5.32 Å². The van der Waals surface area contributed by atoms with Crippen LogP contribution in [0.4, 0.5) is 5.69 Å². The molecule has 2 amide bonds. The van der Waals surface area contributed by atoms with Crippen molar-refractivity contribution in [2.75, 3.05) is 11.9 Å². The summed E-state index contributed by atoms with van der Waals surface area (Å²) < 4.78 is 0. The minimum absolute atomic E-state index is 0.0728. The average molecular weight is 336 g/mol. The van der Waals surface area contributed by atoms with E-state index in [1.165, 1.54) is 6.42 Å². The van der Waals surface area contributed by atoms with Gasteiger partial charge < -0.3 is 10.2 Å². The highest BCUT2D eigenvalue weighted by Crippen LogP contribution is 2.20. The van der Waals surface area contributed by atoms with Gasteiger partial charge in [0.25, 0.3) is 11.8 Å². The number of nitrogens with zero attached hydrogens (tertiary/aromatic N) is 1. The lowest BCUT2D eigenvalue weighted by atomic mass is 10.0. The highest BCUT2D eigenvalue weighted by atomic mass is 16.2. The number of carbonyl (C=O) groups is 2. The molecule has 1 fully saturated rings. The van der Waals surface area contributed by atoms with Gasteiger partial charge in [-0.15, -0.1) is 0 Å². The Morgan fingerprint density at radius 2 is 1.60 bits per heavy atom. The predicted octanol–water partition coefficient (Wildman–Crippen LogP) is 4.26. The van der Waals surface area contributed by atoms with E-state index in [2.05, 4.69) is 12.2 Å². The van der Waals surface area contributed by atoms with Crippen molar-refractivity contribution in [2.45, 2.75) is 39.2 Å².